The predicted molar refractivity (Wildman–Crippen MR) is 75.6 cm³/mol. The van der Waals surface area contributed by atoms with Crippen LogP contribution in [-0.4, -0.2) is 0 Å². The van der Waals surface area contributed by atoms with E-state index in [1.165, 1.54) is 21.9 Å². The van der Waals surface area contributed by atoms with E-state index in [1.807, 2.05) is 6.07 Å². The summed E-state index contributed by atoms with van der Waals surface area (Å²) in [5.41, 5.74) is 3.26. The largest absolute Gasteiger partial charge is 0.207 e. The highest BCUT2D eigenvalue weighted by atomic mass is 19.1. The van der Waals surface area contributed by atoms with E-state index in [-0.39, 0.29) is 5.82 Å². The minimum atomic E-state index is -0.134. The van der Waals surface area contributed by atoms with E-state index in [1.54, 1.807) is 13.0 Å². The summed E-state index contributed by atoms with van der Waals surface area (Å²) in [6.45, 7) is 6.03. The van der Waals surface area contributed by atoms with Crippen LogP contribution >= 0.6 is 0 Å². The smallest absolute Gasteiger partial charge is 0.126 e. The van der Waals surface area contributed by atoms with Crippen molar-refractivity contribution in [1.29, 1.82) is 0 Å². The molecule has 1 heteroatoms. The Morgan fingerprint density at radius 3 is 1.44 bits per heavy atom. The summed E-state index contributed by atoms with van der Waals surface area (Å²) in [4.78, 5) is 0. The Bertz CT molecular complexity index is 641. The summed E-state index contributed by atoms with van der Waals surface area (Å²) in [5, 5.41) is 4.46. The number of hydrogen-bond acceptors (Lipinski definition) is 0. The molecule has 3 aromatic rings. The fourth-order valence-corrected chi connectivity index (χ4v) is 2.42. The Kier molecular flexibility index (Phi) is 2.37. The second-order valence-corrected chi connectivity index (χ2v) is 5.08. The van der Waals surface area contributed by atoms with E-state index in [9.17, 15) is 4.39 Å². The molecule has 0 nitrogen and oxygen atoms in total. The van der Waals surface area contributed by atoms with Crippen LogP contribution in [0, 0.1) is 26.6 Å². The van der Waals surface area contributed by atoms with Gasteiger partial charge in [0, 0.05) is 0 Å². The molecule has 0 N–H and O–H groups in total. The van der Waals surface area contributed by atoms with Crippen LogP contribution in [0.25, 0.3) is 21.5 Å². The molecule has 3 rings (SSSR count). The molecule has 0 fully saturated rings. The highest BCUT2D eigenvalue weighted by Gasteiger charge is 2.04. The van der Waals surface area contributed by atoms with Crippen LogP contribution in [-0.2, 0) is 0 Å². The molecule has 18 heavy (non-hydrogen) atoms. The van der Waals surface area contributed by atoms with Gasteiger partial charge in [0.15, 0.2) is 0 Å². The van der Waals surface area contributed by atoms with Crippen molar-refractivity contribution < 1.29 is 4.39 Å². The van der Waals surface area contributed by atoms with Crippen LogP contribution in [0.5, 0.6) is 0 Å². The molecule has 90 valence electrons. The second-order valence-electron chi connectivity index (χ2n) is 5.08. The highest BCUT2D eigenvalue weighted by Crippen LogP contribution is 2.27. The Morgan fingerprint density at radius 2 is 0.944 bits per heavy atom. The lowest BCUT2D eigenvalue weighted by Gasteiger charge is -2.07. The quantitative estimate of drug-likeness (QED) is 0.480. The van der Waals surface area contributed by atoms with Gasteiger partial charge in [-0.1, -0.05) is 12.1 Å². The Labute approximate surface area is 106 Å². The molecule has 0 heterocycles. The second kappa shape index (κ2) is 3.81. The zero-order valence-corrected chi connectivity index (χ0v) is 10.8. The lowest BCUT2D eigenvalue weighted by atomic mass is 9.98. The van der Waals surface area contributed by atoms with Crippen molar-refractivity contribution in [2.45, 2.75) is 20.8 Å². The molecular formula is C17H15F. The van der Waals surface area contributed by atoms with Gasteiger partial charge in [-0.25, -0.2) is 4.39 Å². The van der Waals surface area contributed by atoms with Gasteiger partial charge in [0.2, 0.25) is 0 Å². The molecule has 0 bridgehead atoms. The van der Waals surface area contributed by atoms with Gasteiger partial charge in [-0.3, -0.25) is 0 Å². The highest BCUT2D eigenvalue weighted by molar-refractivity contribution is 5.99. The maximum Gasteiger partial charge on any atom is 0.126 e. The Morgan fingerprint density at radius 1 is 0.556 bits per heavy atom. The predicted octanol–water partition coefficient (Wildman–Crippen LogP) is 5.06. The zero-order valence-electron chi connectivity index (χ0n) is 10.8. The monoisotopic (exact) mass is 238 g/mol. The first-order valence-electron chi connectivity index (χ1n) is 6.15. The molecule has 0 atom stereocenters. The summed E-state index contributed by atoms with van der Waals surface area (Å²) >= 11 is 0. The van der Waals surface area contributed by atoms with Crippen molar-refractivity contribution in [3.05, 3.63) is 58.9 Å². The summed E-state index contributed by atoms with van der Waals surface area (Å²) in [5.74, 6) is -0.134. The zero-order chi connectivity index (χ0) is 12.9. The molecule has 0 aliphatic heterocycles. The van der Waals surface area contributed by atoms with Gasteiger partial charge in [-0.15, -0.1) is 0 Å². The molecule has 0 saturated heterocycles. The number of halogens is 1. The maximum atomic E-state index is 13.6. The third kappa shape index (κ3) is 1.67. The standard InChI is InChI=1S/C17H15F/c1-10-4-13-7-15-6-12(3)17(18)9-16(15)8-14(13)5-11(10)2/h4-9H,1-3H3. The summed E-state index contributed by atoms with van der Waals surface area (Å²) < 4.78 is 13.6. The first-order chi connectivity index (χ1) is 8.54. The van der Waals surface area contributed by atoms with Crippen molar-refractivity contribution in [3.8, 4) is 0 Å². The van der Waals surface area contributed by atoms with Gasteiger partial charge in [-0.2, -0.15) is 0 Å². The van der Waals surface area contributed by atoms with Gasteiger partial charge in [0.1, 0.15) is 5.82 Å². The van der Waals surface area contributed by atoms with Gasteiger partial charge in [0.05, 0.1) is 0 Å². The van der Waals surface area contributed by atoms with E-state index in [0.717, 1.165) is 10.8 Å². The van der Waals surface area contributed by atoms with Crippen LogP contribution in [0.4, 0.5) is 4.39 Å². The molecule has 0 amide bonds. The molecule has 0 aromatic heterocycles. The number of benzene rings is 3. The average Bonchev–Trinajstić information content (AvgIpc) is 2.31. The first kappa shape index (κ1) is 11.2. The van der Waals surface area contributed by atoms with Crippen molar-refractivity contribution in [3.63, 3.8) is 0 Å². The molecule has 3 aromatic carbocycles. The van der Waals surface area contributed by atoms with E-state index in [0.29, 0.717) is 5.56 Å². The van der Waals surface area contributed by atoms with Gasteiger partial charge in [-0.05, 0) is 83.3 Å². The number of fused-ring (bicyclic) bond motifs is 2. The fourth-order valence-electron chi connectivity index (χ4n) is 2.42. The summed E-state index contributed by atoms with van der Waals surface area (Å²) in [6.07, 6.45) is 0. The minimum Gasteiger partial charge on any atom is -0.207 e. The van der Waals surface area contributed by atoms with Crippen LogP contribution < -0.4 is 0 Å². The Balaban J connectivity index is 2.43. The third-order valence-corrected chi connectivity index (χ3v) is 3.69. The molecule has 0 radical (unpaired) electrons. The van der Waals surface area contributed by atoms with E-state index >= 15 is 0 Å². The molecular weight excluding hydrogens is 223 g/mol. The van der Waals surface area contributed by atoms with Gasteiger partial charge < -0.3 is 0 Å². The number of rotatable bonds is 0. The third-order valence-electron chi connectivity index (χ3n) is 3.69. The lowest BCUT2D eigenvalue weighted by Crippen LogP contribution is -1.86. The molecule has 0 saturated carbocycles. The van der Waals surface area contributed by atoms with Crippen LogP contribution in [0.1, 0.15) is 16.7 Å². The topological polar surface area (TPSA) is 0 Å². The van der Waals surface area contributed by atoms with Gasteiger partial charge in [0.25, 0.3) is 0 Å². The van der Waals surface area contributed by atoms with Crippen molar-refractivity contribution in [2.24, 2.45) is 0 Å². The molecule has 0 spiro atoms. The van der Waals surface area contributed by atoms with Crippen LogP contribution in [0.3, 0.4) is 0 Å². The normalized spacial score (nSPS) is 11.3. The van der Waals surface area contributed by atoms with E-state index in [2.05, 4.69) is 38.1 Å². The summed E-state index contributed by atoms with van der Waals surface area (Å²) in [7, 11) is 0. The fraction of sp³-hybridized carbons (Fsp3) is 0.176. The average molecular weight is 238 g/mol. The lowest BCUT2D eigenvalue weighted by molar-refractivity contribution is 0.620. The Hall–Kier alpha value is -1.89. The van der Waals surface area contributed by atoms with Crippen molar-refractivity contribution >= 4 is 21.5 Å². The summed E-state index contributed by atoms with van der Waals surface area (Å²) in [6, 6.07) is 12.1. The maximum absolute atomic E-state index is 13.6. The molecule has 0 aliphatic carbocycles. The van der Waals surface area contributed by atoms with Crippen LogP contribution in [0.15, 0.2) is 36.4 Å². The van der Waals surface area contributed by atoms with Crippen molar-refractivity contribution in [1.82, 2.24) is 0 Å². The van der Waals surface area contributed by atoms with Gasteiger partial charge >= 0.3 is 0 Å². The molecule has 0 unspecified atom stereocenters. The minimum absolute atomic E-state index is 0.134. The molecule has 0 aliphatic rings. The van der Waals surface area contributed by atoms with E-state index < -0.39 is 0 Å². The van der Waals surface area contributed by atoms with Crippen LogP contribution in [0.2, 0.25) is 0 Å². The number of hydrogen-bond donors (Lipinski definition) is 0. The van der Waals surface area contributed by atoms with Crippen molar-refractivity contribution in [2.75, 3.05) is 0 Å². The van der Waals surface area contributed by atoms with E-state index in [4.69, 9.17) is 0 Å². The SMILES string of the molecule is Cc1cc2cc3cc(C)c(F)cc3cc2cc1C. The number of aryl methyl sites for hydroxylation is 3. The first-order valence-corrected chi connectivity index (χ1v) is 6.15.